The lowest BCUT2D eigenvalue weighted by Gasteiger charge is -1.98. The van der Waals surface area contributed by atoms with Crippen molar-refractivity contribution in [3.05, 3.63) is 34.7 Å². The van der Waals surface area contributed by atoms with Crippen LogP contribution in [0.3, 0.4) is 0 Å². The minimum Gasteiger partial charge on any atom is -0.379 e. The van der Waals surface area contributed by atoms with Gasteiger partial charge in [-0.1, -0.05) is 23.9 Å². The van der Waals surface area contributed by atoms with E-state index in [4.69, 9.17) is 11.1 Å². The van der Waals surface area contributed by atoms with Gasteiger partial charge in [-0.05, 0) is 22.9 Å². The maximum atomic E-state index is 10.1. The highest BCUT2D eigenvalue weighted by atomic mass is 79.9. The number of nitrogens with zero attached hydrogens (tertiary/aromatic N) is 1. The minimum absolute atomic E-state index is 0. The Morgan fingerprint density at radius 3 is 2.43 bits per heavy atom. The van der Waals surface area contributed by atoms with Crippen LogP contribution in [0.2, 0.25) is 0 Å². The molecule has 0 unspecified atom stereocenters. The smallest absolute Gasteiger partial charge is 0.151 e. The van der Waals surface area contributed by atoms with Gasteiger partial charge in [-0.15, -0.1) is 21.9 Å². The van der Waals surface area contributed by atoms with Crippen LogP contribution in [0.1, 0.15) is 5.56 Å². The number of halogens is 1. The third kappa shape index (κ3) is 4.38. The van der Waals surface area contributed by atoms with E-state index in [0.29, 0.717) is 11.4 Å². The second kappa shape index (κ2) is 6.56. The molecule has 6 heteroatoms. The monoisotopic (exact) mass is 275 g/mol. The van der Waals surface area contributed by atoms with Crippen LogP contribution in [0.15, 0.2) is 29.4 Å². The zero-order valence-corrected chi connectivity index (χ0v) is 9.80. The Labute approximate surface area is 96.5 Å². The molecule has 0 aliphatic rings. The van der Waals surface area contributed by atoms with Crippen molar-refractivity contribution in [1.82, 2.24) is 0 Å². The number of amidine groups is 1. The molecule has 0 saturated heterocycles. The molecule has 3 N–H and O–H groups in total. The van der Waals surface area contributed by atoms with Crippen molar-refractivity contribution in [2.75, 3.05) is 0 Å². The number of hydrogen-bond donors (Lipinski definition) is 2. The average Bonchev–Trinajstić information content (AvgIpc) is 2.15. The molecule has 0 heterocycles. The van der Waals surface area contributed by atoms with Crippen LogP contribution in [-0.2, 0) is 5.75 Å². The van der Waals surface area contributed by atoms with Gasteiger partial charge in [0.1, 0.15) is 5.69 Å². The maximum absolute atomic E-state index is 10.1. The van der Waals surface area contributed by atoms with Gasteiger partial charge in [-0.2, -0.15) is 0 Å². The molecule has 0 saturated carbocycles. The van der Waals surface area contributed by atoms with Crippen LogP contribution in [0.25, 0.3) is 0 Å². The average molecular weight is 276 g/mol. The van der Waals surface area contributed by atoms with Crippen LogP contribution in [-0.4, -0.2) is 5.17 Å². The maximum Gasteiger partial charge on any atom is 0.151 e. The molecule has 0 aromatic heterocycles. The summed E-state index contributed by atoms with van der Waals surface area (Å²) in [6, 6.07) is 6.88. The Hall–Kier alpha value is -0.880. The molecular formula is C8H10BrN3OS. The van der Waals surface area contributed by atoms with Gasteiger partial charge in [0, 0.05) is 5.75 Å². The van der Waals surface area contributed by atoms with Gasteiger partial charge in [0.25, 0.3) is 0 Å². The highest BCUT2D eigenvalue weighted by Gasteiger charge is 1.96. The minimum atomic E-state index is 0. The van der Waals surface area contributed by atoms with Gasteiger partial charge in [-0.25, -0.2) is 0 Å². The summed E-state index contributed by atoms with van der Waals surface area (Å²) in [7, 11) is 0. The van der Waals surface area contributed by atoms with Gasteiger partial charge in [0.15, 0.2) is 5.17 Å². The quantitative estimate of drug-likeness (QED) is 0.506. The summed E-state index contributed by atoms with van der Waals surface area (Å²) in [5.41, 5.74) is 6.61. The zero-order valence-electron chi connectivity index (χ0n) is 7.27. The van der Waals surface area contributed by atoms with Crippen molar-refractivity contribution in [2.45, 2.75) is 5.75 Å². The molecule has 0 atom stereocenters. The molecule has 4 nitrogen and oxygen atoms in total. The van der Waals surface area contributed by atoms with Crippen molar-refractivity contribution in [2.24, 2.45) is 10.9 Å². The van der Waals surface area contributed by atoms with E-state index in [9.17, 15) is 4.91 Å². The Kier molecular flexibility index (Phi) is 6.14. The van der Waals surface area contributed by atoms with Gasteiger partial charge < -0.3 is 5.73 Å². The molecule has 76 valence electrons. The van der Waals surface area contributed by atoms with E-state index in [1.807, 2.05) is 0 Å². The Balaban J connectivity index is 0.00000169. The molecule has 0 aliphatic heterocycles. The summed E-state index contributed by atoms with van der Waals surface area (Å²) < 4.78 is 0. The van der Waals surface area contributed by atoms with E-state index in [1.165, 1.54) is 11.8 Å². The molecule has 0 radical (unpaired) electrons. The van der Waals surface area contributed by atoms with Crippen molar-refractivity contribution in [3.63, 3.8) is 0 Å². The van der Waals surface area contributed by atoms with Gasteiger partial charge in [0.2, 0.25) is 0 Å². The Morgan fingerprint density at radius 2 is 2.00 bits per heavy atom. The highest BCUT2D eigenvalue weighted by molar-refractivity contribution is 8.93. The molecule has 0 amide bonds. The number of benzene rings is 1. The van der Waals surface area contributed by atoms with Gasteiger partial charge >= 0.3 is 0 Å². The molecule has 1 aromatic carbocycles. The van der Waals surface area contributed by atoms with Crippen molar-refractivity contribution in [1.29, 1.82) is 5.41 Å². The molecule has 0 fully saturated rings. The molecule has 0 spiro atoms. The summed E-state index contributed by atoms with van der Waals surface area (Å²) in [6.07, 6.45) is 0. The number of nitrogens with one attached hydrogen (secondary N) is 1. The fraction of sp³-hybridized carbons (Fsp3) is 0.125. The standard InChI is InChI=1S/C8H9N3OS.BrH/c9-8(10)13-5-6-1-3-7(11-12)4-2-6;/h1-4H,5H2,(H3,9,10);1H. The van der Waals surface area contributed by atoms with Crippen LogP contribution >= 0.6 is 28.7 Å². The number of rotatable bonds is 3. The number of nitrogens with two attached hydrogens (primary N) is 1. The van der Waals surface area contributed by atoms with Crippen LogP contribution in [0.5, 0.6) is 0 Å². The summed E-state index contributed by atoms with van der Waals surface area (Å²) in [5, 5.41) is 9.87. The van der Waals surface area contributed by atoms with Crippen molar-refractivity contribution in [3.8, 4) is 0 Å². The van der Waals surface area contributed by atoms with Crippen molar-refractivity contribution < 1.29 is 0 Å². The molecule has 0 aliphatic carbocycles. The normalized spacial score (nSPS) is 8.86. The third-order valence-corrected chi connectivity index (χ3v) is 2.22. The predicted octanol–water partition coefficient (Wildman–Crippen LogP) is 2.79. The van der Waals surface area contributed by atoms with Gasteiger partial charge in [0.05, 0.1) is 0 Å². The first-order chi connectivity index (χ1) is 6.22. The predicted molar refractivity (Wildman–Crippen MR) is 65.4 cm³/mol. The Bertz CT molecular complexity index is 315. The summed E-state index contributed by atoms with van der Waals surface area (Å²) in [6.45, 7) is 0. The lowest BCUT2D eigenvalue weighted by molar-refractivity contribution is 1.39. The Morgan fingerprint density at radius 1 is 1.43 bits per heavy atom. The van der Waals surface area contributed by atoms with E-state index in [0.717, 1.165) is 5.56 Å². The van der Waals surface area contributed by atoms with Crippen LogP contribution in [0.4, 0.5) is 5.69 Å². The summed E-state index contributed by atoms with van der Waals surface area (Å²) in [4.78, 5) is 10.1. The zero-order chi connectivity index (χ0) is 9.68. The molecule has 14 heavy (non-hydrogen) atoms. The fourth-order valence-electron chi connectivity index (χ4n) is 0.814. The lowest BCUT2D eigenvalue weighted by Crippen LogP contribution is -2.03. The van der Waals surface area contributed by atoms with E-state index < -0.39 is 0 Å². The summed E-state index contributed by atoms with van der Waals surface area (Å²) in [5.74, 6) is 0.647. The third-order valence-electron chi connectivity index (χ3n) is 1.44. The fourth-order valence-corrected chi connectivity index (χ4v) is 1.33. The van der Waals surface area contributed by atoms with Crippen LogP contribution < -0.4 is 5.73 Å². The van der Waals surface area contributed by atoms with E-state index >= 15 is 0 Å². The van der Waals surface area contributed by atoms with Crippen LogP contribution in [0, 0.1) is 10.3 Å². The SMILES string of the molecule is Br.N=C(N)SCc1ccc(N=O)cc1. The van der Waals surface area contributed by atoms with Crippen molar-refractivity contribution >= 4 is 39.6 Å². The molecule has 1 aromatic rings. The number of hydrogen-bond acceptors (Lipinski definition) is 4. The first-order valence-electron chi connectivity index (χ1n) is 3.61. The second-order valence-electron chi connectivity index (χ2n) is 2.41. The lowest BCUT2D eigenvalue weighted by atomic mass is 10.2. The van der Waals surface area contributed by atoms with E-state index in [1.54, 1.807) is 24.3 Å². The topological polar surface area (TPSA) is 79.3 Å². The molecule has 0 bridgehead atoms. The molecule has 1 rings (SSSR count). The second-order valence-corrected chi connectivity index (χ2v) is 3.43. The first kappa shape index (κ1) is 13.1. The van der Waals surface area contributed by atoms with Gasteiger partial charge in [-0.3, -0.25) is 5.41 Å². The largest absolute Gasteiger partial charge is 0.379 e. The number of nitroso groups, excluding NO2 is 1. The summed E-state index contributed by atoms with van der Waals surface area (Å²) >= 11 is 1.25. The number of thioether (sulfide) groups is 1. The van der Waals surface area contributed by atoms with E-state index in [2.05, 4.69) is 5.18 Å². The molecular weight excluding hydrogens is 266 g/mol. The van der Waals surface area contributed by atoms with E-state index in [-0.39, 0.29) is 22.1 Å². The highest BCUT2D eigenvalue weighted by Crippen LogP contribution is 2.16. The first-order valence-corrected chi connectivity index (χ1v) is 4.60.